The molecule has 1 fully saturated rings. The second-order valence-corrected chi connectivity index (χ2v) is 10.1. The van der Waals surface area contributed by atoms with Crippen LogP contribution in [0, 0.1) is 5.92 Å². The maximum atomic E-state index is 12.7. The fourth-order valence-electron chi connectivity index (χ4n) is 3.91. The van der Waals surface area contributed by atoms with Gasteiger partial charge in [0.2, 0.25) is 5.91 Å². The van der Waals surface area contributed by atoms with Crippen molar-refractivity contribution >= 4 is 26.6 Å². The van der Waals surface area contributed by atoms with Gasteiger partial charge in [-0.1, -0.05) is 32.0 Å². The maximum Gasteiger partial charge on any atom is 0.227 e. The highest BCUT2D eigenvalue weighted by molar-refractivity contribution is 7.92. The first-order valence-corrected chi connectivity index (χ1v) is 11.0. The highest BCUT2D eigenvalue weighted by Crippen LogP contribution is 2.24. The predicted octanol–water partition coefficient (Wildman–Crippen LogP) is 2.78. The van der Waals surface area contributed by atoms with E-state index < -0.39 is 9.84 Å². The predicted molar refractivity (Wildman–Crippen MR) is 105 cm³/mol. The number of likely N-dealkylation sites (tertiary alicyclic amines) is 1. The number of aryl methyl sites for hydroxylation is 1. The van der Waals surface area contributed by atoms with E-state index in [-0.39, 0.29) is 22.8 Å². The lowest BCUT2D eigenvalue weighted by Crippen LogP contribution is -2.43. The zero-order valence-corrected chi connectivity index (χ0v) is 16.6. The van der Waals surface area contributed by atoms with E-state index in [0.29, 0.717) is 32.4 Å². The first kappa shape index (κ1) is 19.0. The number of sulfone groups is 1. The number of hydrogen-bond donors (Lipinski definition) is 0. The number of aromatic nitrogens is 1. The number of fused-ring (bicyclic) bond motifs is 1. The van der Waals surface area contributed by atoms with Crippen molar-refractivity contribution in [3.05, 3.63) is 36.0 Å². The van der Waals surface area contributed by atoms with Crippen molar-refractivity contribution in [3.63, 3.8) is 0 Å². The van der Waals surface area contributed by atoms with Crippen LogP contribution in [0.15, 0.2) is 30.5 Å². The molecule has 142 valence electrons. The van der Waals surface area contributed by atoms with E-state index >= 15 is 0 Å². The van der Waals surface area contributed by atoms with Gasteiger partial charge >= 0.3 is 0 Å². The summed E-state index contributed by atoms with van der Waals surface area (Å²) in [6.45, 7) is 4.93. The summed E-state index contributed by atoms with van der Waals surface area (Å²) < 4.78 is 26.9. The minimum atomic E-state index is -3.06. The van der Waals surface area contributed by atoms with E-state index in [4.69, 9.17) is 0 Å². The Hall–Kier alpha value is -1.82. The van der Waals surface area contributed by atoms with E-state index in [0.717, 1.165) is 16.5 Å². The van der Waals surface area contributed by atoms with Crippen LogP contribution in [0.1, 0.15) is 32.3 Å². The zero-order valence-electron chi connectivity index (χ0n) is 15.8. The Bertz CT molecular complexity index is 891. The maximum absolute atomic E-state index is 12.7. The van der Waals surface area contributed by atoms with E-state index in [1.54, 1.807) is 0 Å². The van der Waals surface area contributed by atoms with Crippen molar-refractivity contribution in [2.24, 2.45) is 13.0 Å². The monoisotopic (exact) mass is 376 g/mol. The molecule has 3 rings (SSSR count). The van der Waals surface area contributed by atoms with Crippen molar-refractivity contribution < 1.29 is 13.2 Å². The molecule has 0 N–H and O–H groups in total. The van der Waals surface area contributed by atoms with Crippen LogP contribution in [-0.2, 0) is 28.1 Å². The lowest BCUT2D eigenvalue weighted by molar-refractivity contribution is -0.131. The van der Waals surface area contributed by atoms with Gasteiger partial charge in [-0.05, 0) is 30.4 Å². The Kier molecular flexibility index (Phi) is 5.42. The normalized spacial score (nSPS) is 16.5. The molecule has 0 unspecified atom stereocenters. The number of carbonyl (C=O) groups excluding carboxylic acids is 1. The van der Waals surface area contributed by atoms with Gasteiger partial charge in [-0.15, -0.1) is 0 Å². The van der Waals surface area contributed by atoms with Gasteiger partial charge in [0.05, 0.1) is 17.4 Å². The lowest BCUT2D eigenvalue weighted by atomic mass is 10.1. The van der Waals surface area contributed by atoms with Crippen molar-refractivity contribution in [2.45, 2.75) is 38.4 Å². The highest BCUT2D eigenvalue weighted by Gasteiger charge is 2.31. The largest absolute Gasteiger partial charge is 0.350 e. The van der Waals surface area contributed by atoms with Gasteiger partial charge in [0.15, 0.2) is 9.84 Å². The number of rotatable bonds is 5. The molecule has 0 radical (unpaired) electrons. The third kappa shape index (κ3) is 3.95. The Morgan fingerprint density at radius 2 is 1.85 bits per heavy atom. The highest BCUT2D eigenvalue weighted by atomic mass is 32.2. The third-order valence-electron chi connectivity index (χ3n) is 5.19. The summed E-state index contributed by atoms with van der Waals surface area (Å²) in [4.78, 5) is 14.5. The molecule has 6 heteroatoms. The quantitative estimate of drug-likeness (QED) is 0.806. The number of hydrogen-bond acceptors (Lipinski definition) is 3. The third-order valence-corrected chi connectivity index (χ3v) is 7.81. The fourth-order valence-corrected chi connectivity index (χ4v) is 6.04. The molecular formula is C20H28N2O3S. The molecule has 1 aliphatic heterocycles. The van der Waals surface area contributed by atoms with Crippen LogP contribution < -0.4 is 0 Å². The van der Waals surface area contributed by atoms with Crippen LogP contribution in [-0.4, -0.2) is 47.9 Å². The lowest BCUT2D eigenvalue weighted by Gasteiger charge is -2.32. The van der Waals surface area contributed by atoms with Gasteiger partial charge in [-0.25, -0.2) is 8.42 Å². The Labute approximate surface area is 155 Å². The Balaban J connectivity index is 1.64. The van der Waals surface area contributed by atoms with E-state index in [1.165, 1.54) is 0 Å². The molecular weight excluding hydrogens is 348 g/mol. The number of benzene rings is 1. The summed E-state index contributed by atoms with van der Waals surface area (Å²) in [5, 5.41) is 0.809. The van der Waals surface area contributed by atoms with Crippen LogP contribution in [0.5, 0.6) is 0 Å². The van der Waals surface area contributed by atoms with Crippen LogP contribution >= 0.6 is 0 Å². The molecule has 26 heavy (non-hydrogen) atoms. The summed E-state index contributed by atoms with van der Waals surface area (Å²) in [5.41, 5.74) is 2.15. The van der Waals surface area contributed by atoms with Crippen molar-refractivity contribution in [2.75, 3.05) is 18.8 Å². The smallest absolute Gasteiger partial charge is 0.227 e. The van der Waals surface area contributed by atoms with Gasteiger partial charge in [-0.3, -0.25) is 4.79 Å². The van der Waals surface area contributed by atoms with Gasteiger partial charge in [-0.2, -0.15) is 0 Å². The molecule has 2 heterocycles. The van der Waals surface area contributed by atoms with Crippen LogP contribution in [0.4, 0.5) is 0 Å². The number of nitrogens with zero attached hydrogens (tertiary/aromatic N) is 2. The second-order valence-electron chi connectivity index (χ2n) is 7.76. The van der Waals surface area contributed by atoms with Crippen LogP contribution in [0.3, 0.4) is 0 Å². The van der Waals surface area contributed by atoms with Gasteiger partial charge in [0, 0.05) is 37.2 Å². The molecule has 0 spiro atoms. The minimum absolute atomic E-state index is 0.0843. The first-order chi connectivity index (χ1) is 12.3. The second kappa shape index (κ2) is 7.43. The van der Waals surface area contributed by atoms with Crippen molar-refractivity contribution in [1.82, 2.24) is 9.47 Å². The average Bonchev–Trinajstić information content (AvgIpc) is 2.90. The van der Waals surface area contributed by atoms with E-state index in [2.05, 4.69) is 0 Å². The molecule has 1 aromatic carbocycles. The molecule has 1 aromatic heterocycles. The van der Waals surface area contributed by atoms with E-state index in [9.17, 15) is 13.2 Å². The summed E-state index contributed by atoms with van der Waals surface area (Å²) in [7, 11) is -1.07. The Morgan fingerprint density at radius 1 is 1.19 bits per heavy atom. The van der Waals surface area contributed by atoms with Crippen LogP contribution in [0.2, 0.25) is 0 Å². The molecule has 0 saturated carbocycles. The molecule has 2 aromatic rings. The Morgan fingerprint density at radius 3 is 2.50 bits per heavy atom. The SMILES string of the molecule is CC(C)CS(=O)(=O)C1CCN(C(=O)Cc2cn(C)c3ccccc23)CC1. The molecule has 1 saturated heterocycles. The fraction of sp³-hybridized carbons (Fsp3) is 0.550. The summed E-state index contributed by atoms with van der Waals surface area (Å²) >= 11 is 0. The van der Waals surface area contributed by atoms with Gasteiger partial charge in [0.1, 0.15) is 0 Å². The van der Waals surface area contributed by atoms with E-state index in [1.807, 2.05) is 60.8 Å². The first-order valence-electron chi connectivity index (χ1n) is 9.30. The molecule has 0 aliphatic carbocycles. The summed E-state index contributed by atoms with van der Waals surface area (Å²) in [6, 6.07) is 8.08. The number of amides is 1. The van der Waals surface area contributed by atoms with Gasteiger partial charge < -0.3 is 9.47 Å². The minimum Gasteiger partial charge on any atom is -0.350 e. The molecule has 1 amide bonds. The van der Waals surface area contributed by atoms with Crippen LogP contribution in [0.25, 0.3) is 10.9 Å². The number of para-hydroxylation sites is 1. The number of carbonyl (C=O) groups is 1. The van der Waals surface area contributed by atoms with Crippen molar-refractivity contribution in [3.8, 4) is 0 Å². The molecule has 0 bridgehead atoms. The average molecular weight is 377 g/mol. The zero-order chi connectivity index (χ0) is 18.9. The molecule has 1 aliphatic rings. The topological polar surface area (TPSA) is 59.4 Å². The van der Waals surface area contributed by atoms with Crippen molar-refractivity contribution in [1.29, 1.82) is 0 Å². The molecule has 0 atom stereocenters. The standard InChI is InChI=1S/C20H28N2O3S/c1-15(2)14-26(24,25)17-8-10-22(11-9-17)20(23)12-16-13-21(3)19-7-5-4-6-18(16)19/h4-7,13,15,17H,8-12,14H2,1-3H3. The summed E-state index contributed by atoms with van der Waals surface area (Å²) in [5.74, 6) is 0.466. The van der Waals surface area contributed by atoms with Gasteiger partial charge in [0.25, 0.3) is 0 Å². The number of piperidine rings is 1. The molecule has 5 nitrogen and oxygen atoms in total. The summed E-state index contributed by atoms with van der Waals surface area (Å²) in [6.07, 6.45) is 3.49.